The van der Waals surface area contributed by atoms with E-state index >= 15 is 0 Å². The summed E-state index contributed by atoms with van der Waals surface area (Å²) in [5.74, 6) is 1.09. The Balaban J connectivity index is 1.57. The van der Waals surface area contributed by atoms with Crippen LogP contribution in [0.25, 0.3) is 0 Å². The Hall–Kier alpha value is -2.72. The van der Waals surface area contributed by atoms with Crippen LogP contribution >= 0.6 is 0 Å². The third-order valence-electron chi connectivity index (χ3n) is 6.36. The summed E-state index contributed by atoms with van der Waals surface area (Å²) in [5.41, 5.74) is 1.36. The van der Waals surface area contributed by atoms with Crippen LogP contribution in [0.3, 0.4) is 0 Å². The van der Waals surface area contributed by atoms with Crippen LogP contribution in [0.2, 0.25) is 0 Å². The van der Waals surface area contributed by atoms with E-state index in [2.05, 4.69) is 33.6 Å². The maximum atomic E-state index is 13.6. The molecule has 1 amide bonds. The molecule has 1 atom stereocenters. The van der Waals surface area contributed by atoms with Crippen LogP contribution in [0, 0.1) is 12.8 Å². The number of amides is 1. The third kappa shape index (κ3) is 3.51. The summed E-state index contributed by atoms with van der Waals surface area (Å²) in [6.07, 6.45) is 1.62. The predicted octanol–water partition coefficient (Wildman–Crippen LogP) is 2.67. The lowest BCUT2D eigenvalue weighted by Gasteiger charge is -2.39. The number of sulfonamides is 1. The fraction of sp³-hybridized carbons (Fsp3) is 0.500. The quantitative estimate of drug-likeness (QED) is 0.715. The Kier molecular flexibility index (Phi) is 4.72. The third-order valence-corrected chi connectivity index (χ3v) is 8.00. The summed E-state index contributed by atoms with van der Waals surface area (Å²) >= 11 is 0. The van der Waals surface area contributed by atoms with Crippen molar-refractivity contribution >= 4 is 27.6 Å². The smallest absolute Gasteiger partial charge is 0.263 e. The number of nitrogens with one attached hydrogen (secondary N) is 1. The van der Waals surface area contributed by atoms with Crippen LogP contribution < -0.4 is 9.62 Å². The van der Waals surface area contributed by atoms with Crippen molar-refractivity contribution in [3.05, 3.63) is 41.3 Å². The Morgan fingerprint density at radius 3 is 2.66 bits per heavy atom. The summed E-state index contributed by atoms with van der Waals surface area (Å²) in [6, 6.07) is 6.63. The normalized spacial score (nSPS) is 21.6. The monoisotopic (exact) mass is 457 g/mol. The molecule has 0 bridgehead atoms. The fourth-order valence-electron chi connectivity index (χ4n) is 4.25. The molecule has 2 aromatic rings. The van der Waals surface area contributed by atoms with Crippen molar-refractivity contribution in [2.75, 3.05) is 11.4 Å². The highest BCUT2D eigenvalue weighted by atomic mass is 32.2. The van der Waals surface area contributed by atoms with Gasteiger partial charge in [-0.25, -0.2) is 13.1 Å². The molecule has 1 N–H and O–H groups in total. The summed E-state index contributed by atoms with van der Waals surface area (Å²) in [6.45, 7) is 8.66. The van der Waals surface area contributed by atoms with Gasteiger partial charge >= 0.3 is 0 Å². The first-order chi connectivity index (χ1) is 15.1. The second-order valence-corrected chi connectivity index (χ2v) is 11.2. The standard InChI is InChI=1S/C22H27N5O4S/c1-13(2)19-11-23-21-26(12-15-9-14(3)24-31-15)20(28)17-10-16(5-6-18(17)27(19)21)32(29,30)25-22(4)7-8-22/h5-6,9-10,13,19,25H,7-8,11-12H2,1-4H3/t19-/m0/s1. The number of aliphatic imine (C=N–C) groups is 1. The van der Waals surface area contributed by atoms with Gasteiger partial charge in [0.15, 0.2) is 5.76 Å². The summed E-state index contributed by atoms with van der Waals surface area (Å²) in [7, 11) is -3.74. The second kappa shape index (κ2) is 7.14. The van der Waals surface area contributed by atoms with Crippen molar-refractivity contribution in [1.82, 2.24) is 14.8 Å². The summed E-state index contributed by atoms with van der Waals surface area (Å²) in [4.78, 5) is 21.9. The number of benzene rings is 1. The van der Waals surface area contributed by atoms with E-state index in [0.29, 0.717) is 29.5 Å². The van der Waals surface area contributed by atoms with Crippen molar-refractivity contribution in [2.24, 2.45) is 10.9 Å². The molecule has 3 aliphatic rings. The van der Waals surface area contributed by atoms with Crippen molar-refractivity contribution < 1.29 is 17.7 Å². The number of hydrogen-bond acceptors (Lipinski definition) is 7. The lowest BCUT2D eigenvalue weighted by atomic mass is 10.00. The molecule has 3 heterocycles. The lowest BCUT2D eigenvalue weighted by molar-refractivity contribution is 0.0822. The van der Waals surface area contributed by atoms with Crippen molar-refractivity contribution in [3.8, 4) is 0 Å². The minimum absolute atomic E-state index is 0.0711. The van der Waals surface area contributed by atoms with Gasteiger partial charge in [0.25, 0.3) is 5.91 Å². The highest BCUT2D eigenvalue weighted by molar-refractivity contribution is 7.89. The average Bonchev–Trinajstić information content (AvgIpc) is 3.12. The van der Waals surface area contributed by atoms with Crippen LogP contribution in [-0.4, -0.2) is 48.5 Å². The fourth-order valence-corrected chi connectivity index (χ4v) is 5.74. The first-order valence-electron chi connectivity index (χ1n) is 10.8. The molecular weight excluding hydrogens is 430 g/mol. The van der Waals surface area contributed by atoms with Crippen LogP contribution in [0.15, 0.2) is 38.7 Å². The molecule has 10 heteroatoms. The van der Waals surface area contributed by atoms with E-state index in [1.54, 1.807) is 23.1 Å². The predicted molar refractivity (Wildman–Crippen MR) is 119 cm³/mol. The number of fused-ring (bicyclic) bond motifs is 3. The van der Waals surface area contributed by atoms with Crippen LogP contribution in [0.1, 0.15) is 55.4 Å². The maximum Gasteiger partial charge on any atom is 0.263 e. The summed E-state index contributed by atoms with van der Waals surface area (Å²) < 4.78 is 34.0. The zero-order chi connectivity index (χ0) is 22.8. The van der Waals surface area contributed by atoms with Gasteiger partial charge in [0.05, 0.1) is 41.0 Å². The number of anilines is 1. The molecule has 0 radical (unpaired) electrons. The highest BCUT2D eigenvalue weighted by Gasteiger charge is 2.45. The Morgan fingerprint density at radius 1 is 1.28 bits per heavy atom. The van der Waals surface area contributed by atoms with Crippen LogP contribution in [0.5, 0.6) is 0 Å². The first kappa shape index (κ1) is 21.1. The molecule has 1 saturated carbocycles. The molecule has 9 nitrogen and oxygen atoms in total. The largest absolute Gasteiger partial charge is 0.359 e. The van der Waals surface area contributed by atoms with Gasteiger partial charge in [0.2, 0.25) is 16.0 Å². The van der Waals surface area contributed by atoms with Gasteiger partial charge < -0.3 is 9.42 Å². The molecule has 1 fully saturated rings. The van der Waals surface area contributed by atoms with E-state index in [1.807, 2.05) is 13.8 Å². The van der Waals surface area contributed by atoms with Gasteiger partial charge in [-0.2, -0.15) is 0 Å². The molecule has 2 aliphatic heterocycles. The minimum Gasteiger partial charge on any atom is -0.359 e. The number of guanidine groups is 1. The average molecular weight is 458 g/mol. The van der Waals surface area contributed by atoms with Crippen molar-refractivity contribution in [1.29, 1.82) is 0 Å². The van der Waals surface area contributed by atoms with Crippen molar-refractivity contribution in [3.63, 3.8) is 0 Å². The van der Waals surface area contributed by atoms with Crippen LogP contribution in [-0.2, 0) is 16.6 Å². The molecule has 1 aromatic carbocycles. The first-order valence-corrected chi connectivity index (χ1v) is 12.3. The number of carbonyl (C=O) groups is 1. The van der Waals surface area contributed by atoms with E-state index in [4.69, 9.17) is 4.52 Å². The minimum atomic E-state index is -3.74. The van der Waals surface area contributed by atoms with Crippen LogP contribution in [0.4, 0.5) is 5.69 Å². The van der Waals surface area contributed by atoms with E-state index < -0.39 is 15.6 Å². The molecule has 5 rings (SSSR count). The lowest BCUT2D eigenvalue weighted by Crippen LogP contribution is -2.53. The van der Waals surface area contributed by atoms with Gasteiger partial charge in [0.1, 0.15) is 0 Å². The summed E-state index contributed by atoms with van der Waals surface area (Å²) in [5, 5.41) is 3.91. The number of aromatic nitrogens is 1. The molecule has 32 heavy (non-hydrogen) atoms. The van der Waals surface area contributed by atoms with E-state index in [-0.39, 0.29) is 29.3 Å². The molecule has 170 valence electrons. The topological polar surface area (TPSA) is 108 Å². The van der Waals surface area contributed by atoms with Crippen molar-refractivity contribution in [2.45, 2.75) is 63.6 Å². The van der Waals surface area contributed by atoms with Gasteiger partial charge in [-0.15, -0.1) is 0 Å². The zero-order valence-electron chi connectivity index (χ0n) is 18.6. The zero-order valence-corrected chi connectivity index (χ0v) is 19.4. The van der Waals surface area contributed by atoms with Gasteiger partial charge in [0, 0.05) is 11.6 Å². The molecule has 0 spiro atoms. The number of nitrogens with zero attached hydrogens (tertiary/aromatic N) is 4. The molecule has 0 unspecified atom stereocenters. The second-order valence-electron chi connectivity index (χ2n) is 9.49. The number of hydrogen-bond donors (Lipinski definition) is 1. The number of rotatable bonds is 6. The maximum absolute atomic E-state index is 13.6. The number of carbonyl (C=O) groups excluding carboxylic acids is 1. The highest BCUT2D eigenvalue weighted by Crippen LogP contribution is 2.39. The Bertz CT molecular complexity index is 1230. The van der Waals surface area contributed by atoms with Gasteiger partial charge in [-0.3, -0.25) is 14.7 Å². The van der Waals surface area contributed by atoms with Gasteiger partial charge in [-0.05, 0) is 50.8 Å². The van der Waals surface area contributed by atoms with Gasteiger partial charge in [-0.1, -0.05) is 19.0 Å². The molecule has 1 aromatic heterocycles. The Labute approximate surface area is 187 Å². The molecular formula is C22H27N5O4S. The SMILES string of the molecule is Cc1cc(CN2C(=O)c3cc(S(=O)(=O)NC4(C)CC4)ccc3N3C2=NC[C@H]3C(C)C)on1. The van der Waals surface area contributed by atoms with E-state index in [9.17, 15) is 13.2 Å². The van der Waals surface area contributed by atoms with E-state index in [0.717, 1.165) is 18.5 Å². The number of aryl methyl sites for hydroxylation is 1. The molecule has 1 aliphatic carbocycles. The molecule has 0 saturated heterocycles. The Morgan fingerprint density at radius 2 is 2.03 bits per heavy atom. The van der Waals surface area contributed by atoms with E-state index in [1.165, 1.54) is 6.07 Å².